The van der Waals surface area contributed by atoms with E-state index in [1.807, 2.05) is 6.08 Å². The van der Waals surface area contributed by atoms with E-state index >= 15 is 0 Å². The zero-order chi connectivity index (χ0) is 29.5. The van der Waals surface area contributed by atoms with E-state index in [9.17, 15) is 28.7 Å². The second kappa shape index (κ2) is 9.46. The van der Waals surface area contributed by atoms with Crippen molar-refractivity contribution in [3.63, 3.8) is 0 Å². The maximum Gasteiger partial charge on any atom is 0.241 e. The van der Waals surface area contributed by atoms with Gasteiger partial charge in [0.05, 0.1) is 34.5 Å². The number of anilines is 2. The molecule has 4 amide bonds. The van der Waals surface area contributed by atoms with E-state index in [2.05, 4.69) is 15.9 Å². The monoisotopic (exact) mass is 628 g/mol. The maximum absolute atomic E-state index is 14.8. The van der Waals surface area contributed by atoms with Gasteiger partial charge < -0.3 is 5.11 Å². The van der Waals surface area contributed by atoms with Gasteiger partial charge in [-0.3, -0.25) is 24.1 Å². The Balaban J connectivity index is 1.38. The van der Waals surface area contributed by atoms with Gasteiger partial charge in [0.15, 0.2) is 11.6 Å². The Morgan fingerprint density at radius 2 is 1.52 bits per heavy atom. The number of carbonyl (C=O) groups is 4. The van der Waals surface area contributed by atoms with Gasteiger partial charge in [0.25, 0.3) is 0 Å². The number of fused-ring (bicyclic) bond motifs is 4. The molecule has 1 saturated carbocycles. The van der Waals surface area contributed by atoms with E-state index in [1.54, 1.807) is 67.6 Å². The van der Waals surface area contributed by atoms with Crippen molar-refractivity contribution in [2.45, 2.75) is 25.7 Å². The zero-order valence-electron chi connectivity index (χ0n) is 22.5. The number of imide groups is 2. The number of amides is 4. The maximum atomic E-state index is 14.8. The highest BCUT2D eigenvalue weighted by molar-refractivity contribution is 9.10. The second-order valence-electron chi connectivity index (χ2n) is 11.7. The Labute approximate surface area is 249 Å². The highest BCUT2D eigenvalue weighted by Gasteiger charge is 2.68. The molecular formula is C33H26BrFN2O5. The summed E-state index contributed by atoms with van der Waals surface area (Å²) in [7, 11) is 0. The normalized spacial score (nSPS) is 30.3. The van der Waals surface area contributed by atoms with Gasteiger partial charge in [-0.2, -0.15) is 0 Å². The summed E-state index contributed by atoms with van der Waals surface area (Å²) >= 11 is 3.39. The summed E-state index contributed by atoms with van der Waals surface area (Å²) in [5.74, 6) is -6.61. The highest BCUT2D eigenvalue weighted by Crippen LogP contribution is 2.64. The van der Waals surface area contributed by atoms with Gasteiger partial charge >= 0.3 is 0 Å². The van der Waals surface area contributed by atoms with Crippen LogP contribution in [0.25, 0.3) is 0 Å². The third-order valence-electron chi connectivity index (χ3n) is 9.70. The molecule has 2 saturated heterocycles. The topological polar surface area (TPSA) is 95.0 Å². The summed E-state index contributed by atoms with van der Waals surface area (Å²) in [5, 5.41) is 11.0. The molecule has 3 aromatic rings. The number of para-hydroxylation sites is 2. The van der Waals surface area contributed by atoms with Crippen LogP contribution in [0.4, 0.5) is 15.8 Å². The van der Waals surface area contributed by atoms with E-state index in [-0.39, 0.29) is 30.2 Å². The van der Waals surface area contributed by atoms with Gasteiger partial charge in [-0.05, 0) is 68.1 Å². The van der Waals surface area contributed by atoms with Crippen LogP contribution in [0.1, 0.15) is 31.2 Å². The molecule has 9 heteroatoms. The lowest BCUT2D eigenvalue weighted by molar-refractivity contribution is -0.131. The van der Waals surface area contributed by atoms with Crippen LogP contribution in [-0.4, -0.2) is 28.7 Å². The average molecular weight is 629 g/mol. The van der Waals surface area contributed by atoms with Crippen molar-refractivity contribution in [1.29, 1.82) is 0 Å². The van der Waals surface area contributed by atoms with E-state index in [0.717, 1.165) is 10.5 Å². The van der Waals surface area contributed by atoms with Crippen molar-refractivity contribution in [3.8, 4) is 5.75 Å². The fourth-order valence-corrected chi connectivity index (χ4v) is 8.06. The minimum Gasteiger partial charge on any atom is -0.505 e. The molecule has 42 heavy (non-hydrogen) atoms. The number of allylic oxidation sites excluding steroid dienone is 2. The molecule has 4 aliphatic rings. The molecule has 3 fully saturated rings. The number of nitrogens with zero attached hydrogens (tertiary/aromatic N) is 2. The van der Waals surface area contributed by atoms with E-state index in [4.69, 9.17) is 0 Å². The molecule has 0 bridgehead atoms. The van der Waals surface area contributed by atoms with Crippen molar-refractivity contribution in [2.24, 2.45) is 29.1 Å². The third-order valence-corrected chi connectivity index (χ3v) is 10.2. The summed E-state index contributed by atoms with van der Waals surface area (Å²) in [6, 6.07) is 19.7. The molecule has 212 valence electrons. The number of phenolic OH excluding ortho intramolecular Hbond substituents is 1. The van der Waals surface area contributed by atoms with E-state index < -0.39 is 58.4 Å². The first-order valence-corrected chi connectivity index (χ1v) is 14.7. The molecule has 0 unspecified atom stereocenters. The van der Waals surface area contributed by atoms with E-state index in [0.29, 0.717) is 16.9 Å². The SMILES string of the molecule is C[C@@]12C(=O)N(c3ccccc3)C(=O)[C@@H]1C[C@@H]1C(=CC[C@@H]3C(=O)N(c4ccc(Br)cc4)C(=O)[C@@H]31)[C@@H]2c1cccc(F)c1O. The molecular weight excluding hydrogens is 603 g/mol. The largest absolute Gasteiger partial charge is 0.505 e. The molecule has 2 aliphatic carbocycles. The van der Waals surface area contributed by atoms with Crippen LogP contribution < -0.4 is 9.80 Å². The highest BCUT2D eigenvalue weighted by atomic mass is 79.9. The summed E-state index contributed by atoms with van der Waals surface area (Å²) in [4.78, 5) is 58.5. The molecule has 6 atom stereocenters. The Hall–Kier alpha value is -4.11. The lowest BCUT2D eigenvalue weighted by Gasteiger charge is -2.49. The van der Waals surface area contributed by atoms with Crippen LogP contribution in [0.2, 0.25) is 0 Å². The molecule has 0 radical (unpaired) electrons. The number of aromatic hydroxyl groups is 1. The van der Waals surface area contributed by atoms with Crippen molar-refractivity contribution < 1.29 is 28.7 Å². The van der Waals surface area contributed by atoms with Crippen molar-refractivity contribution in [3.05, 3.63) is 100 Å². The summed E-state index contributed by atoms with van der Waals surface area (Å²) in [6.45, 7) is 1.70. The molecule has 1 N–H and O–H groups in total. The number of hydrogen-bond donors (Lipinski definition) is 1. The molecule has 0 aromatic heterocycles. The van der Waals surface area contributed by atoms with Gasteiger partial charge in [0.2, 0.25) is 23.6 Å². The lowest BCUT2D eigenvalue weighted by atomic mass is 9.51. The number of rotatable bonds is 3. The van der Waals surface area contributed by atoms with Crippen LogP contribution in [0.3, 0.4) is 0 Å². The van der Waals surface area contributed by atoms with E-state index in [1.165, 1.54) is 15.9 Å². The van der Waals surface area contributed by atoms with Crippen molar-refractivity contribution >= 4 is 50.9 Å². The Morgan fingerprint density at radius 1 is 0.833 bits per heavy atom. The quantitative estimate of drug-likeness (QED) is 0.295. The molecule has 2 aliphatic heterocycles. The molecule has 7 rings (SSSR count). The van der Waals surface area contributed by atoms with Gasteiger partial charge in [-0.1, -0.05) is 57.9 Å². The van der Waals surface area contributed by atoms with Crippen LogP contribution in [-0.2, 0) is 19.2 Å². The van der Waals surface area contributed by atoms with Gasteiger partial charge in [0, 0.05) is 16.0 Å². The number of halogens is 2. The fraction of sp³-hybridized carbons (Fsp3) is 0.273. The molecule has 7 nitrogen and oxygen atoms in total. The molecule has 2 heterocycles. The standard InChI is InChI=1S/C33H26BrFN2O5/c1-33-24(30(40)37(32(33)42)18-6-3-2-4-7-18)16-23-20(27(33)22-8-5-9-25(35)28(22)38)14-15-21-26(23)31(41)36(29(21)39)19-12-10-17(34)11-13-19/h2-14,21,23-24,26-27,38H,15-16H2,1H3/t21-,23+,24-,26-,27+,33+/m0/s1. The number of carbonyl (C=O) groups excluding carboxylic acids is 4. The van der Waals surface area contributed by atoms with Crippen LogP contribution in [0.5, 0.6) is 5.75 Å². The predicted octanol–water partition coefficient (Wildman–Crippen LogP) is 5.73. The van der Waals surface area contributed by atoms with Crippen LogP contribution in [0.15, 0.2) is 88.9 Å². The number of benzene rings is 3. The summed E-state index contributed by atoms with van der Waals surface area (Å²) in [6.07, 6.45) is 2.31. The first-order valence-electron chi connectivity index (χ1n) is 13.9. The molecule has 0 spiro atoms. The number of phenols is 1. The summed E-state index contributed by atoms with van der Waals surface area (Å²) in [5.41, 5.74) is 0.408. The van der Waals surface area contributed by atoms with Gasteiger partial charge in [-0.15, -0.1) is 0 Å². The lowest BCUT2D eigenvalue weighted by Crippen LogP contribution is -2.49. The molecule has 3 aromatic carbocycles. The van der Waals surface area contributed by atoms with Crippen molar-refractivity contribution in [2.75, 3.05) is 9.80 Å². The Kier molecular flexibility index (Phi) is 6.03. The third kappa shape index (κ3) is 3.55. The smallest absolute Gasteiger partial charge is 0.241 e. The minimum absolute atomic E-state index is 0.178. The van der Waals surface area contributed by atoms with Gasteiger partial charge in [0.1, 0.15) is 0 Å². The first-order chi connectivity index (χ1) is 20.1. The fourth-order valence-electron chi connectivity index (χ4n) is 7.79. The average Bonchev–Trinajstić information content (AvgIpc) is 3.35. The minimum atomic E-state index is -1.36. The van der Waals surface area contributed by atoms with Gasteiger partial charge in [-0.25, -0.2) is 9.29 Å². The Morgan fingerprint density at radius 3 is 2.24 bits per heavy atom. The first kappa shape index (κ1) is 26.8. The predicted molar refractivity (Wildman–Crippen MR) is 156 cm³/mol. The van der Waals surface area contributed by atoms with Crippen LogP contribution in [0, 0.1) is 34.9 Å². The summed E-state index contributed by atoms with van der Waals surface area (Å²) < 4.78 is 15.6. The van der Waals surface area contributed by atoms with Crippen molar-refractivity contribution in [1.82, 2.24) is 0 Å². The zero-order valence-corrected chi connectivity index (χ0v) is 24.1. The number of hydrogen-bond acceptors (Lipinski definition) is 5. The second-order valence-corrected chi connectivity index (χ2v) is 12.6. The van der Waals surface area contributed by atoms with Crippen LogP contribution >= 0.6 is 15.9 Å². The Bertz CT molecular complexity index is 1710.